The second-order valence-electron chi connectivity index (χ2n) is 3.97. The third kappa shape index (κ3) is 4.71. The molecule has 0 amide bonds. The number of aryl methyl sites for hydroxylation is 1. The highest BCUT2D eigenvalue weighted by atomic mass is 35.5. The maximum Gasteiger partial charge on any atom is 0.296 e. The van der Waals surface area contributed by atoms with E-state index in [0.29, 0.717) is 17.6 Å². The Morgan fingerprint density at radius 2 is 2.26 bits per heavy atom. The second kappa shape index (κ2) is 7.35. The van der Waals surface area contributed by atoms with Gasteiger partial charge in [-0.3, -0.25) is 4.55 Å². The molecule has 2 aromatic rings. The smallest absolute Gasteiger partial charge is 0.296 e. The summed E-state index contributed by atoms with van der Waals surface area (Å²) in [7, 11) is -4.62. The molecule has 0 aliphatic rings. The van der Waals surface area contributed by atoms with Gasteiger partial charge in [-0.25, -0.2) is 15.2 Å². The molecule has 1 aromatic carbocycles. The van der Waals surface area contributed by atoms with Crippen LogP contribution in [0.5, 0.6) is 0 Å². The Kier molecular flexibility index (Phi) is 4.80. The first-order valence-electron chi connectivity index (χ1n) is 7.13. The van der Waals surface area contributed by atoms with Crippen molar-refractivity contribution in [3.63, 3.8) is 0 Å². The second-order valence-corrected chi connectivity index (χ2v) is 6.44. The summed E-state index contributed by atoms with van der Waals surface area (Å²) in [6, 6.07) is 2.44. The third-order valence-corrected chi connectivity index (χ3v) is 4.26. The van der Waals surface area contributed by atoms with Crippen molar-refractivity contribution < 1.29 is 31.9 Å². The van der Waals surface area contributed by atoms with Gasteiger partial charge < -0.3 is 5.32 Å². The van der Waals surface area contributed by atoms with Crippen molar-refractivity contribution in [1.82, 2.24) is 15.0 Å². The number of nitrogens with zero attached hydrogens (tertiary/aromatic N) is 3. The predicted molar refractivity (Wildman–Crippen MR) is 81.9 cm³/mol. The first kappa shape index (κ1) is 15.0. The van der Waals surface area contributed by atoms with Gasteiger partial charge >= 0.3 is 0 Å². The van der Waals surface area contributed by atoms with Crippen LogP contribution in [-0.4, -0.2) is 33.2 Å². The van der Waals surface area contributed by atoms with E-state index in [9.17, 15) is 13.0 Å². The van der Waals surface area contributed by atoms with E-state index in [1.807, 2.05) is 0 Å². The summed E-state index contributed by atoms with van der Waals surface area (Å²) in [5, 5.41) is 13.9. The fraction of sp³-hybridized carbons (Fsp3) is 0.100. The minimum absolute atomic E-state index is 0.0640. The van der Waals surface area contributed by atoms with Gasteiger partial charge in [-0.05, 0) is 36.2 Å². The molecule has 10 nitrogen and oxygen atoms in total. The average molecular weight is 389 g/mol. The van der Waals surface area contributed by atoms with Crippen molar-refractivity contribution in [1.29, 1.82) is 0 Å². The molecule has 0 unspecified atom stereocenters. The third-order valence-electron chi connectivity index (χ3n) is 2.45. The lowest BCUT2D eigenvalue weighted by Crippen LogP contribution is -2.06. The van der Waals surface area contributed by atoms with Gasteiger partial charge in [0, 0.05) is 7.87 Å². The fourth-order valence-electron chi connectivity index (χ4n) is 1.55. The lowest BCUT2D eigenvalue weighted by molar-refractivity contribution is -0.432. The topological polar surface area (TPSA) is 144 Å². The van der Waals surface area contributed by atoms with Gasteiger partial charge in [-0.15, -0.1) is 4.33 Å². The Hall–Kier alpha value is -1.54. The predicted octanol–water partition coefficient (Wildman–Crippen LogP) is 2.50. The van der Waals surface area contributed by atoms with Crippen LogP contribution in [0.2, 0.25) is 5.28 Å². The zero-order valence-corrected chi connectivity index (χ0v) is 13.6. The molecule has 0 spiro atoms. The quantitative estimate of drug-likeness (QED) is 0.290. The van der Waals surface area contributed by atoms with Crippen LogP contribution >= 0.6 is 23.6 Å². The maximum atomic E-state index is 11.6. The zero-order chi connectivity index (χ0) is 19.9. The Bertz CT molecular complexity index is 856. The molecular formula is C10H11ClN4O6S2. The zero-order valence-electron chi connectivity index (χ0n) is 14.2. The highest BCUT2D eigenvalue weighted by molar-refractivity contribution is 7.94. The van der Waals surface area contributed by atoms with Crippen LogP contribution in [0.25, 0.3) is 0 Å². The molecule has 2 rings (SSSR count). The monoisotopic (exact) mass is 388 g/mol. The molecule has 0 bridgehead atoms. The van der Waals surface area contributed by atoms with Gasteiger partial charge in [0.1, 0.15) is 12.6 Å². The molecule has 0 saturated heterocycles. The number of hydrogen-bond donors (Lipinski definition) is 3. The normalized spacial score (nSPS) is 12.4. The van der Waals surface area contributed by atoms with Gasteiger partial charge in [0.05, 0.1) is 17.7 Å². The molecule has 0 aliphatic carbocycles. The van der Waals surface area contributed by atoms with Crippen molar-refractivity contribution in [3.8, 4) is 0 Å². The first-order chi connectivity index (χ1) is 12.2. The molecular weight excluding hydrogens is 372 g/mol. The standard InChI is InChI=1S/C10H9ClN4O6S2.H2/c1-5-2-6(14-10-13-4-12-9(11)15-10)8(23(17,18)19)3-7(5)22-21-20-16;/h2-4,16H,1H3,(H,17,18,19)(H,12,13,14,15);1H/i4T;1+2T. The summed E-state index contributed by atoms with van der Waals surface area (Å²) in [4.78, 5) is 10.5. The minimum atomic E-state index is -4.62. The van der Waals surface area contributed by atoms with E-state index in [0.717, 1.165) is 6.07 Å². The van der Waals surface area contributed by atoms with Crippen LogP contribution in [0.4, 0.5) is 11.6 Å². The number of hydrogen-bond acceptors (Lipinski definition) is 10. The van der Waals surface area contributed by atoms with E-state index in [1.54, 1.807) is 6.92 Å². The molecule has 0 saturated carbocycles. The summed E-state index contributed by atoms with van der Waals surface area (Å²) in [6.45, 7) is 1.61. The highest BCUT2D eigenvalue weighted by Crippen LogP contribution is 2.32. The Labute approximate surface area is 144 Å². The highest BCUT2D eigenvalue weighted by Gasteiger charge is 2.20. The molecule has 1 heterocycles. The van der Waals surface area contributed by atoms with Crippen LogP contribution in [-0.2, 0) is 19.5 Å². The fourth-order valence-corrected chi connectivity index (χ4v) is 2.86. The lowest BCUT2D eigenvalue weighted by atomic mass is 10.2. The minimum Gasteiger partial charge on any atom is -0.323 e. The Balaban J connectivity index is 0.00000163. The maximum absolute atomic E-state index is 11.6. The average Bonchev–Trinajstić information content (AvgIpc) is 2.54. The molecule has 0 aliphatic heterocycles. The van der Waals surface area contributed by atoms with Gasteiger partial charge in [-0.1, -0.05) is 5.04 Å². The molecule has 0 atom stereocenters. The first-order valence-corrected chi connectivity index (χ1v) is 8.18. The molecule has 1 aromatic heterocycles. The van der Waals surface area contributed by atoms with E-state index in [1.165, 1.54) is 6.07 Å². The van der Waals surface area contributed by atoms with Crippen molar-refractivity contribution in [2.75, 3.05) is 5.32 Å². The van der Waals surface area contributed by atoms with E-state index in [2.05, 4.69) is 29.6 Å². The Morgan fingerprint density at radius 3 is 2.87 bits per heavy atom. The van der Waals surface area contributed by atoms with Crippen LogP contribution in [0.3, 0.4) is 0 Å². The van der Waals surface area contributed by atoms with E-state index in [-0.39, 0.29) is 21.8 Å². The van der Waals surface area contributed by atoms with Crippen molar-refractivity contribution >= 4 is 45.4 Å². The summed E-state index contributed by atoms with van der Waals surface area (Å²) in [5.74, 6) is -0.181. The number of halogens is 1. The van der Waals surface area contributed by atoms with Crippen LogP contribution in [0, 0.1) is 6.92 Å². The van der Waals surface area contributed by atoms with Crippen molar-refractivity contribution in [2.45, 2.75) is 16.7 Å². The van der Waals surface area contributed by atoms with Crippen LogP contribution < -0.4 is 5.32 Å². The van der Waals surface area contributed by atoms with Crippen LogP contribution in [0.1, 0.15) is 9.90 Å². The molecule has 3 N–H and O–H groups in total. The van der Waals surface area contributed by atoms with E-state index >= 15 is 0 Å². The molecule has 126 valence electrons. The largest absolute Gasteiger partial charge is 0.323 e. The van der Waals surface area contributed by atoms with Gasteiger partial charge in [-0.2, -0.15) is 13.4 Å². The van der Waals surface area contributed by atoms with Crippen molar-refractivity contribution in [3.05, 3.63) is 29.3 Å². The molecule has 23 heavy (non-hydrogen) atoms. The van der Waals surface area contributed by atoms with Crippen molar-refractivity contribution in [2.24, 2.45) is 0 Å². The van der Waals surface area contributed by atoms with E-state index in [4.69, 9.17) is 21.2 Å². The summed E-state index contributed by atoms with van der Waals surface area (Å²) >= 11 is 6.14. The molecule has 0 radical (unpaired) electrons. The summed E-state index contributed by atoms with van der Waals surface area (Å²) < 4.78 is 54.2. The SMILES string of the molecule is [3H][3H].[3H]c1nc(Cl)nc(Nc2cc(C)c(SOOO)cc2S(=O)(=O)O)n1. The summed E-state index contributed by atoms with van der Waals surface area (Å²) in [5.41, 5.74) is 0.448. The number of rotatable bonds is 6. The number of aromatic nitrogens is 3. The van der Waals surface area contributed by atoms with Crippen LogP contribution in [0.15, 0.2) is 28.2 Å². The van der Waals surface area contributed by atoms with Gasteiger partial charge in [0.15, 0.2) is 0 Å². The number of benzene rings is 1. The van der Waals surface area contributed by atoms with Gasteiger partial charge in [0.2, 0.25) is 11.2 Å². The molecule has 0 fully saturated rings. The number of nitrogens with one attached hydrogen (secondary N) is 1. The number of anilines is 2. The lowest BCUT2D eigenvalue weighted by Gasteiger charge is -2.12. The Morgan fingerprint density at radius 1 is 1.52 bits per heavy atom. The summed E-state index contributed by atoms with van der Waals surface area (Å²) in [6.07, 6.45) is -0.428. The van der Waals surface area contributed by atoms with Gasteiger partial charge in [0.25, 0.3) is 10.1 Å². The van der Waals surface area contributed by atoms with E-state index < -0.39 is 21.3 Å². The molecule has 13 heteroatoms.